The number of esters is 1. The van der Waals surface area contributed by atoms with Crippen molar-refractivity contribution < 1.29 is 24.5 Å². The molecule has 0 aliphatic heterocycles. The molecule has 474 valence electrons. The van der Waals surface area contributed by atoms with Gasteiger partial charge >= 0.3 is 5.97 Å². The van der Waals surface area contributed by atoms with E-state index in [4.69, 9.17) is 4.74 Å². The first-order valence-electron chi connectivity index (χ1n) is 36.6. The van der Waals surface area contributed by atoms with Gasteiger partial charge in [0.15, 0.2) is 0 Å². The molecular weight excluding hydrogens is 983 g/mol. The number of carbonyl (C=O) groups is 2. The third-order valence-electron chi connectivity index (χ3n) is 17.2. The molecule has 0 saturated heterocycles. The van der Waals surface area contributed by atoms with E-state index in [1.807, 2.05) is 6.08 Å². The zero-order chi connectivity index (χ0) is 57.8. The molecule has 0 aromatic heterocycles. The third kappa shape index (κ3) is 65.5. The van der Waals surface area contributed by atoms with E-state index in [9.17, 15) is 19.8 Å². The highest BCUT2D eigenvalue weighted by Crippen LogP contribution is 2.19. The number of hydrogen-bond donors (Lipinski definition) is 3. The number of amides is 1. The van der Waals surface area contributed by atoms with Gasteiger partial charge in [-0.15, -0.1) is 0 Å². The van der Waals surface area contributed by atoms with Crippen molar-refractivity contribution in [3.63, 3.8) is 0 Å². The molecule has 2 unspecified atom stereocenters. The molecule has 2 atom stereocenters. The molecule has 6 nitrogen and oxygen atoms in total. The highest BCUT2D eigenvalue weighted by Gasteiger charge is 2.18. The van der Waals surface area contributed by atoms with Crippen LogP contribution >= 0.6 is 0 Å². The van der Waals surface area contributed by atoms with Crippen molar-refractivity contribution in [3.8, 4) is 0 Å². The minimum Gasteiger partial charge on any atom is -0.466 e. The number of nitrogens with one attached hydrogen (secondary N) is 1. The smallest absolute Gasteiger partial charge is 0.305 e. The van der Waals surface area contributed by atoms with Gasteiger partial charge < -0.3 is 20.3 Å². The van der Waals surface area contributed by atoms with E-state index in [-0.39, 0.29) is 18.5 Å². The Morgan fingerprint density at radius 1 is 0.338 bits per heavy atom. The Kier molecular flexibility index (Phi) is 68.4. The molecule has 0 rings (SSSR count). The molecule has 0 radical (unpaired) electrons. The minimum atomic E-state index is -0.841. The lowest BCUT2D eigenvalue weighted by molar-refractivity contribution is -0.143. The Bertz CT molecular complexity index is 1250. The number of aliphatic hydroxyl groups excluding tert-OH is 2. The number of hydrogen-bond acceptors (Lipinski definition) is 5. The van der Waals surface area contributed by atoms with Crippen molar-refractivity contribution in [2.45, 2.75) is 424 Å². The first-order valence-corrected chi connectivity index (χ1v) is 36.6. The van der Waals surface area contributed by atoms with Crippen LogP contribution in [0.1, 0.15) is 412 Å². The quantitative estimate of drug-likeness (QED) is 0.0320. The molecule has 0 bridgehead atoms. The molecule has 0 spiro atoms. The lowest BCUT2D eigenvalue weighted by atomic mass is 10.0. The van der Waals surface area contributed by atoms with Crippen molar-refractivity contribution in [2.24, 2.45) is 0 Å². The second kappa shape index (κ2) is 69.8. The molecule has 0 fully saturated rings. The molecule has 6 heteroatoms. The van der Waals surface area contributed by atoms with Crippen LogP contribution in [0.5, 0.6) is 0 Å². The van der Waals surface area contributed by atoms with Crippen LogP contribution in [0.15, 0.2) is 24.3 Å². The van der Waals surface area contributed by atoms with Crippen LogP contribution in [-0.4, -0.2) is 47.4 Å². The molecule has 0 aliphatic rings. The zero-order valence-corrected chi connectivity index (χ0v) is 54.3. The van der Waals surface area contributed by atoms with Crippen molar-refractivity contribution in [1.29, 1.82) is 0 Å². The summed E-state index contributed by atoms with van der Waals surface area (Å²) in [6.45, 7) is 4.94. The standard InChI is InChI=1S/C74H143NO5/c1-3-5-7-9-11-13-15-17-18-19-38-41-44-48-52-56-60-64-68-74(79)80-69-65-61-57-53-49-45-42-39-36-34-32-30-28-26-24-22-20-21-23-25-27-29-31-33-35-37-40-43-47-51-55-59-63-67-73(78)75-71(70-76)72(77)66-62-58-54-50-46-16-14-12-10-8-6-4-2/h24,26,62,66,71-72,76-77H,3-23,25,27-61,63-65,67-70H2,1-2H3,(H,75,78)/b26-24-,66-62+. The molecule has 3 N–H and O–H groups in total. The van der Waals surface area contributed by atoms with Crippen LogP contribution in [0.2, 0.25) is 0 Å². The average molecular weight is 1130 g/mol. The van der Waals surface area contributed by atoms with Crippen molar-refractivity contribution >= 4 is 11.9 Å². The van der Waals surface area contributed by atoms with Gasteiger partial charge in [-0.3, -0.25) is 9.59 Å². The van der Waals surface area contributed by atoms with Crippen molar-refractivity contribution in [3.05, 3.63) is 24.3 Å². The summed E-state index contributed by atoms with van der Waals surface area (Å²) in [5.74, 6) is -0.0401. The predicted octanol–water partition coefficient (Wildman–Crippen LogP) is 23.7. The normalized spacial score (nSPS) is 12.6. The highest BCUT2D eigenvalue weighted by molar-refractivity contribution is 5.76. The summed E-state index contributed by atoms with van der Waals surface area (Å²) >= 11 is 0. The van der Waals surface area contributed by atoms with Crippen LogP contribution < -0.4 is 5.32 Å². The van der Waals surface area contributed by atoms with E-state index in [0.29, 0.717) is 19.4 Å². The van der Waals surface area contributed by atoms with E-state index < -0.39 is 12.1 Å². The van der Waals surface area contributed by atoms with E-state index in [1.54, 1.807) is 6.08 Å². The molecule has 0 aromatic rings. The molecule has 0 saturated carbocycles. The summed E-state index contributed by atoms with van der Waals surface area (Å²) in [6.07, 6.45) is 88.6. The fraction of sp³-hybridized carbons (Fsp3) is 0.919. The maximum Gasteiger partial charge on any atom is 0.305 e. The van der Waals surface area contributed by atoms with Crippen molar-refractivity contribution in [1.82, 2.24) is 5.32 Å². The molecule has 80 heavy (non-hydrogen) atoms. The van der Waals surface area contributed by atoms with Gasteiger partial charge in [-0.05, 0) is 57.8 Å². The maximum atomic E-state index is 12.5. The van der Waals surface area contributed by atoms with Gasteiger partial charge in [0.2, 0.25) is 5.91 Å². The van der Waals surface area contributed by atoms with Gasteiger partial charge in [-0.1, -0.05) is 366 Å². The third-order valence-corrected chi connectivity index (χ3v) is 17.2. The lowest BCUT2D eigenvalue weighted by Crippen LogP contribution is -2.45. The number of ether oxygens (including phenoxy) is 1. The van der Waals surface area contributed by atoms with Gasteiger partial charge in [-0.2, -0.15) is 0 Å². The Balaban J connectivity index is 3.32. The number of aliphatic hydroxyl groups is 2. The van der Waals surface area contributed by atoms with Gasteiger partial charge in [-0.25, -0.2) is 0 Å². The zero-order valence-electron chi connectivity index (χ0n) is 54.3. The fourth-order valence-corrected chi connectivity index (χ4v) is 11.6. The van der Waals surface area contributed by atoms with E-state index in [2.05, 4.69) is 31.3 Å². The van der Waals surface area contributed by atoms with Gasteiger partial charge in [0, 0.05) is 12.8 Å². The first-order chi connectivity index (χ1) is 39.5. The van der Waals surface area contributed by atoms with E-state index in [0.717, 1.165) is 38.5 Å². The topological polar surface area (TPSA) is 95.9 Å². The molecule has 0 aromatic carbocycles. The number of allylic oxidation sites excluding steroid dienone is 3. The monoisotopic (exact) mass is 1130 g/mol. The summed E-state index contributed by atoms with van der Waals surface area (Å²) in [6, 6.07) is -0.624. The Morgan fingerprint density at radius 2 is 0.588 bits per heavy atom. The molecule has 0 heterocycles. The van der Waals surface area contributed by atoms with Crippen LogP contribution in [0.3, 0.4) is 0 Å². The maximum absolute atomic E-state index is 12.5. The SMILES string of the molecule is CCCCCCCCCCCC/C=C/C(O)C(CO)NC(=O)CCCCCCCCCCCCCCCCCCC/C=C\CCCCCCCCCCCCCCOC(=O)CCCCCCCCCCCCCCCCCCCC. The summed E-state index contributed by atoms with van der Waals surface area (Å²) < 4.78 is 5.51. The summed E-state index contributed by atoms with van der Waals surface area (Å²) in [4.78, 5) is 24.6. The lowest BCUT2D eigenvalue weighted by Gasteiger charge is -2.20. The molecule has 1 amide bonds. The van der Waals surface area contributed by atoms with Crippen molar-refractivity contribution in [2.75, 3.05) is 13.2 Å². The Labute approximate surface area is 501 Å². The summed E-state index contributed by atoms with van der Waals surface area (Å²) in [5.41, 5.74) is 0. The average Bonchev–Trinajstić information content (AvgIpc) is 3.46. The summed E-state index contributed by atoms with van der Waals surface area (Å²) in [7, 11) is 0. The second-order valence-corrected chi connectivity index (χ2v) is 25.3. The number of rotatable bonds is 69. The first kappa shape index (κ1) is 78.3. The van der Waals surface area contributed by atoms with Gasteiger partial charge in [0.05, 0.1) is 25.4 Å². The second-order valence-electron chi connectivity index (χ2n) is 25.3. The number of unbranched alkanes of at least 4 members (excludes halogenated alkanes) is 56. The molecule has 0 aliphatic carbocycles. The van der Waals surface area contributed by atoms with E-state index in [1.165, 1.54) is 347 Å². The van der Waals surface area contributed by atoms with Crippen LogP contribution in [-0.2, 0) is 14.3 Å². The van der Waals surface area contributed by atoms with Gasteiger partial charge in [0.1, 0.15) is 0 Å². The highest BCUT2D eigenvalue weighted by atomic mass is 16.5. The van der Waals surface area contributed by atoms with Crippen LogP contribution in [0, 0.1) is 0 Å². The van der Waals surface area contributed by atoms with Crippen LogP contribution in [0.25, 0.3) is 0 Å². The largest absolute Gasteiger partial charge is 0.466 e. The summed E-state index contributed by atoms with van der Waals surface area (Å²) in [5, 5.41) is 23.1. The Morgan fingerprint density at radius 3 is 0.887 bits per heavy atom. The minimum absolute atomic E-state index is 0.0235. The van der Waals surface area contributed by atoms with Crippen LogP contribution in [0.4, 0.5) is 0 Å². The van der Waals surface area contributed by atoms with E-state index >= 15 is 0 Å². The Hall–Kier alpha value is -1.66. The molecular formula is C74H143NO5. The van der Waals surface area contributed by atoms with Gasteiger partial charge in [0.25, 0.3) is 0 Å². The fourth-order valence-electron chi connectivity index (χ4n) is 11.6. The number of carbonyl (C=O) groups excluding carboxylic acids is 2. The predicted molar refractivity (Wildman–Crippen MR) is 352 cm³/mol.